The van der Waals surface area contributed by atoms with Gasteiger partial charge in [-0.05, 0) is 12.8 Å². The van der Waals surface area contributed by atoms with Crippen LogP contribution in [-0.2, 0) is 4.79 Å². The maximum Gasteiger partial charge on any atom is 0.227 e. The Morgan fingerprint density at radius 2 is 2.27 bits per heavy atom. The molecular weight excluding hydrogens is 140 g/mol. The van der Waals surface area contributed by atoms with Gasteiger partial charge < -0.3 is 10.2 Å². The van der Waals surface area contributed by atoms with Gasteiger partial charge in [-0.2, -0.15) is 0 Å². The predicted octanol–water partition coefficient (Wildman–Crippen LogP) is -0.173. The van der Waals surface area contributed by atoms with Gasteiger partial charge in [-0.1, -0.05) is 0 Å². The van der Waals surface area contributed by atoms with Crippen LogP contribution in [0.3, 0.4) is 0 Å². The molecule has 1 amide bonds. The van der Waals surface area contributed by atoms with Crippen molar-refractivity contribution in [2.45, 2.75) is 18.9 Å². The highest BCUT2D eigenvalue weighted by molar-refractivity contribution is 5.80. The van der Waals surface area contributed by atoms with Gasteiger partial charge in [-0.25, -0.2) is 0 Å². The molecule has 0 aromatic rings. The summed E-state index contributed by atoms with van der Waals surface area (Å²) in [6, 6.07) is 0.459. The van der Waals surface area contributed by atoms with Gasteiger partial charge in [0.15, 0.2) is 0 Å². The summed E-state index contributed by atoms with van der Waals surface area (Å²) in [4.78, 5) is 13.4. The summed E-state index contributed by atoms with van der Waals surface area (Å²) in [5.74, 6) is 0.602. The van der Waals surface area contributed by atoms with Crippen molar-refractivity contribution in [3.63, 3.8) is 0 Å². The molecule has 0 saturated carbocycles. The fourth-order valence-electron chi connectivity index (χ4n) is 2.03. The zero-order chi connectivity index (χ0) is 7.84. The standard InChI is InChI=1S/C8H14N2O/c1-10-7-3-2-6(8(10)11)4-9-5-7/h6-7,9H,2-5H2,1H3. The van der Waals surface area contributed by atoms with Gasteiger partial charge in [0.25, 0.3) is 0 Å². The lowest BCUT2D eigenvalue weighted by Gasteiger charge is -2.32. The van der Waals surface area contributed by atoms with Crippen LogP contribution in [0.1, 0.15) is 12.8 Å². The van der Waals surface area contributed by atoms with Crippen molar-refractivity contribution >= 4 is 5.91 Å². The summed E-state index contributed by atoms with van der Waals surface area (Å²) in [7, 11) is 1.92. The Bertz CT molecular complexity index is 173. The SMILES string of the molecule is CN1C(=O)C2CCC1CNC2. The van der Waals surface area contributed by atoms with Crippen LogP contribution in [-0.4, -0.2) is 37.0 Å². The predicted molar refractivity (Wildman–Crippen MR) is 42.2 cm³/mol. The highest BCUT2D eigenvalue weighted by atomic mass is 16.2. The lowest BCUT2D eigenvalue weighted by Crippen LogP contribution is -2.44. The largest absolute Gasteiger partial charge is 0.341 e. The number of hydrogen-bond donors (Lipinski definition) is 1. The van der Waals surface area contributed by atoms with E-state index in [1.807, 2.05) is 11.9 Å². The summed E-state index contributed by atoms with van der Waals surface area (Å²) >= 11 is 0. The topological polar surface area (TPSA) is 32.3 Å². The van der Waals surface area contributed by atoms with Crippen molar-refractivity contribution in [3.8, 4) is 0 Å². The molecule has 0 aromatic heterocycles. The third kappa shape index (κ3) is 1.03. The number of rotatable bonds is 0. The zero-order valence-electron chi connectivity index (χ0n) is 6.84. The highest BCUT2D eigenvalue weighted by Crippen LogP contribution is 2.23. The summed E-state index contributed by atoms with van der Waals surface area (Å²) in [5, 5.41) is 3.31. The second-order valence-electron chi connectivity index (χ2n) is 3.54. The van der Waals surface area contributed by atoms with Gasteiger partial charge in [0.1, 0.15) is 0 Å². The average molecular weight is 154 g/mol. The number of carbonyl (C=O) groups is 1. The van der Waals surface area contributed by atoms with Gasteiger partial charge in [0.05, 0.1) is 5.92 Å². The molecule has 2 atom stereocenters. The molecule has 2 bridgehead atoms. The Morgan fingerprint density at radius 3 is 3.09 bits per heavy atom. The molecule has 1 N–H and O–H groups in total. The molecule has 0 spiro atoms. The number of piperidine rings is 1. The molecule has 3 saturated heterocycles. The van der Waals surface area contributed by atoms with Crippen LogP contribution in [0.4, 0.5) is 0 Å². The second kappa shape index (κ2) is 2.48. The fourth-order valence-corrected chi connectivity index (χ4v) is 2.03. The highest BCUT2D eigenvalue weighted by Gasteiger charge is 2.35. The first kappa shape index (κ1) is 7.10. The van der Waals surface area contributed by atoms with Crippen LogP contribution in [0.2, 0.25) is 0 Å². The Labute approximate surface area is 66.8 Å². The van der Waals surface area contributed by atoms with Crippen molar-refractivity contribution < 1.29 is 4.79 Å². The van der Waals surface area contributed by atoms with Crippen molar-refractivity contribution in [3.05, 3.63) is 0 Å². The zero-order valence-corrected chi connectivity index (χ0v) is 6.84. The van der Waals surface area contributed by atoms with E-state index in [4.69, 9.17) is 0 Å². The van der Waals surface area contributed by atoms with Crippen molar-refractivity contribution in [2.75, 3.05) is 20.1 Å². The van der Waals surface area contributed by atoms with Gasteiger partial charge in [0.2, 0.25) is 5.91 Å². The summed E-state index contributed by atoms with van der Waals surface area (Å²) < 4.78 is 0. The Kier molecular flexibility index (Phi) is 1.60. The van der Waals surface area contributed by atoms with Gasteiger partial charge in [-0.15, -0.1) is 0 Å². The van der Waals surface area contributed by atoms with E-state index >= 15 is 0 Å². The lowest BCUT2D eigenvalue weighted by atomic mass is 9.95. The molecular formula is C8H14N2O. The first-order valence-electron chi connectivity index (χ1n) is 4.26. The molecule has 3 aliphatic heterocycles. The number of nitrogens with zero attached hydrogens (tertiary/aromatic N) is 1. The van der Waals surface area contributed by atoms with Gasteiger partial charge in [-0.3, -0.25) is 4.79 Å². The van der Waals surface area contributed by atoms with Crippen LogP contribution < -0.4 is 5.32 Å². The third-order valence-corrected chi connectivity index (χ3v) is 2.86. The Hall–Kier alpha value is -0.570. The molecule has 11 heavy (non-hydrogen) atoms. The van der Waals surface area contributed by atoms with E-state index < -0.39 is 0 Å². The molecule has 3 heterocycles. The molecule has 3 nitrogen and oxygen atoms in total. The molecule has 3 rings (SSSR count). The van der Waals surface area contributed by atoms with Gasteiger partial charge in [0, 0.05) is 26.2 Å². The molecule has 62 valence electrons. The van der Waals surface area contributed by atoms with Gasteiger partial charge >= 0.3 is 0 Å². The first-order chi connectivity index (χ1) is 5.29. The third-order valence-electron chi connectivity index (χ3n) is 2.86. The molecule has 3 heteroatoms. The maximum absolute atomic E-state index is 11.5. The van der Waals surface area contributed by atoms with E-state index in [-0.39, 0.29) is 5.92 Å². The summed E-state index contributed by atoms with van der Waals surface area (Å²) in [6.07, 6.45) is 2.26. The van der Waals surface area contributed by atoms with E-state index in [1.165, 1.54) is 6.42 Å². The minimum Gasteiger partial charge on any atom is -0.341 e. The Morgan fingerprint density at radius 1 is 1.45 bits per heavy atom. The molecule has 0 radical (unpaired) electrons. The van der Waals surface area contributed by atoms with E-state index in [1.54, 1.807) is 0 Å². The van der Waals surface area contributed by atoms with E-state index in [0.29, 0.717) is 11.9 Å². The second-order valence-corrected chi connectivity index (χ2v) is 3.54. The summed E-state index contributed by atoms with van der Waals surface area (Å²) in [6.45, 7) is 1.87. The van der Waals surface area contributed by atoms with Crippen molar-refractivity contribution in [1.82, 2.24) is 10.2 Å². The molecule has 0 aromatic carbocycles. The van der Waals surface area contributed by atoms with Crippen LogP contribution in [0.15, 0.2) is 0 Å². The summed E-state index contributed by atoms with van der Waals surface area (Å²) in [5.41, 5.74) is 0. The number of nitrogens with one attached hydrogen (secondary N) is 1. The number of amides is 1. The van der Waals surface area contributed by atoms with Crippen molar-refractivity contribution in [2.24, 2.45) is 5.92 Å². The minimum absolute atomic E-state index is 0.263. The molecule has 0 aliphatic carbocycles. The number of fused-ring (bicyclic) bond motifs is 4. The normalized spacial score (nSPS) is 37.5. The molecule has 3 fully saturated rings. The van der Waals surface area contributed by atoms with Crippen molar-refractivity contribution in [1.29, 1.82) is 0 Å². The fraction of sp³-hybridized carbons (Fsp3) is 0.875. The average Bonchev–Trinajstić information content (AvgIpc) is 2.30. The van der Waals surface area contributed by atoms with E-state index in [0.717, 1.165) is 19.5 Å². The minimum atomic E-state index is 0.263. The number of carbonyl (C=O) groups excluding carboxylic acids is 1. The molecule has 2 unspecified atom stereocenters. The smallest absolute Gasteiger partial charge is 0.227 e. The van der Waals surface area contributed by atoms with Crippen LogP contribution in [0.5, 0.6) is 0 Å². The van der Waals surface area contributed by atoms with E-state index in [2.05, 4.69) is 5.32 Å². The van der Waals surface area contributed by atoms with Crippen LogP contribution in [0, 0.1) is 5.92 Å². The first-order valence-corrected chi connectivity index (χ1v) is 4.26. The maximum atomic E-state index is 11.5. The lowest BCUT2D eigenvalue weighted by molar-refractivity contribution is -0.138. The van der Waals surface area contributed by atoms with Crippen LogP contribution >= 0.6 is 0 Å². The van der Waals surface area contributed by atoms with Crippen LogP contribution in [0.25, 0.3) is 0 Å². The van der Waals surface area contributed by atoms with E-state index in [9.17, 15) is 4.79 Å². The number of likely N-dealkylation sites (N-methyl/N-ethyl adjacent to an activating group) is 1. The quantitative estimate of drug-likeness (QED) is 0.525. The number of hydrogen-bond acceptors (Lipinski definition) is 2. The Balaban J connectivity index is 2.21. The monoisotopic (exact) mass is 154 g/mol. The molecule has 3 aliphatic rings.